The summed E-state index contributed by atoms with van der Waals surface area (Å²) in [7, 11) is 0. The second kappa shape index (κ2) is 2.86. The largest absolute Gasteiger partial charge is 0.0842 e. The number of hydrogen-bond donors (Lipinski definition) is 0. The van der Waals surface area contributed by atoms with E-state index >= 15 is 0 Å². The van der Waals surface area contributed by atoms with Crippen molar-refractivity contribution in [1.29, 1.82) is 0 Å². The van der Waals surface area contributed by atoms with Gasteiger partial charge in [0.25, 0.3) is 0 Å². The first-order valence-electron chi connectivity index (χ1n) is 3.67. The van der Waals surface area contributed by atoms with Crippen molar-refractivity contribution in [2.45, 2.75) is 33.1 Å². The molecule has 0 spiro atoms. The van der Waals surface area contributed by atoms with Crippen molar-refractivity contribution in [1.82, 2.24) is 0 Å². The topological polar surface area (TPSA) is 0 Å². The molecule has 0 amide bonds. The fourth-order valence-corrected chi connectivity index (χ4v) is 1.31. The van der Waals surface area contributed by atoms with Crippen molar-refractivity contribution < 1.29 is 0 Å². The highest BCUT2D eigenvalue weighted by atomic mass is 14.1. The first-order chi connectivity index (χ1) is 4.34. The third-order valence-corrected chi connectivity index (χ3v) is 1.96. The SMILES string of the molecule is C/C=C1\CCCC=C1C. The first kappa shape index (κ1) is 6.60. The van der Waals surface area contributed by atoms with Crippen molar-refractivity contribution in [3.8, 4) is 0 Å². The second-order valence-electron chi connectivity index (χ2n) is 2.59. The highest BCUT2D eigenvalue weighted by Crippen LogP contribution is 2.22. The molecular weight excluding hydrogens is 108 g/mol. The van der Waals surface area contributed by atoms with E-state index in [9.17, 15) is 0 Å². The van der Waals surface area contributed by atoms with E-state index in [-0.39, 0.29) is 0 Å². The van der Waals surface area contributed by atoms with Crippen LogP contribution in [-0.2, 0) is 0 Å². The summed E-state index contributed by atoms with van der Waals surface area (Å²) in [6.07, 6.45) is 8.48. The van der Waals surface area contributed by atoms with Gasteiger partial charge in [-0.1, -0.05) is 17.7 Å². The molecule has 1 aliphatic carbocycles. The van der Waals surface area contributed by atoms with Crippen molar-refractivity contribution in [2.75, 3.05) is 0 Å². The highest BCUT2D eigenvalue weighted by Gasteiger charge is 2.02. The monoisotopic (exact) mass is 122 g/mol. The van der Waals surface area contributed by atoms with Gasteiger partial charge in [-0.25, -0.2) is 0 Å². The molecule has 0 atom stereocenters. The normalized spacial score (nSPS) is 24.2. The third-order valence-electron chi connectivity index (χ3n) is 1.96. The van der Waals surface area contributed by atoms with Crippen LogP contribution >= 0.6 is 0 Å². The Morgan fingerprint density at radius 1 is 1.56 bits per heavy atom. The molecule has 9 heavy (non-hydrogen) atoms. The van der Waals surface area contributed by atoms with Crippen LogP contribution < -0.4 is 0 Å². The second-order valence-corrected chi connectivity index (χ2v) is 2.59. The molecular formula is C9H14. The maximum Gasteiger partial charge on any atom is -0.0277 e. The molecule has 0 aromatic heterocycles. The van der Waals surface area contributed by atoms with E-state index < -0.39 is 0 Å². The molecule has 0 heteroatoms. The molecule has 0 N–H and O–H groups in total. The number of rotatable bonds is 0. The van der Waals surface area contributed by atoms with Crippen molar-refractivity contribution >= 4 is 0 Å². The molecule has 50 valence electrons. The fraction of sp³-hybridized carbons (Fsp3) is 0.556. The highest BCUT2D eigenvalue weighted by molar-refractivity contribution is 5.30. The Hall–Kier alpha value is -0.520. The van der Waals surface area contributed by atoms with Crippen LogP contribution in [0.1, 0.15) is 33.1 Å². The van der Waals surface area contributed by atoms with Gasteiger partial charge in [0.05, 0.1) is 0 Å². The standard InChI is InChI=1S/C9H14/c1-3-9-7-5-4-6-8(9)2/h3,6H,4-5,7H2,1-2H3/b9-3+. The molecule has 0 heterocycles. The molecule has 0 aliphatic heterocycles. The number of allylic oxidation sites excluding steroid dienone is 4. The summed E-state index contributed by atoms with van der Waals surface area (Å²) in [6, 6.07) is 0. The van der Waals surface area contributed by atoms with Crippen LogP contribution in [0.15, 0.2) is 23.3 Å². The summed E-state index contributed by atoms with van der Waals surface area (Å²) in [6.45, 7) is 4.33. The van der Waals surface area contributed by atoms with Crippen LogP contribution in [0.2, 0.25) is 0 Å². The molecule has 0 aromatic rings. The lowest BCUT2D eigenvalue weighted by molar-refractivity contribution is 0.800. The molecule has 0 radical (unpaired) electrons. The van der Waals surface area contributed by atoms with E-state index in [0.717, 1.165) is 0 Å². The van der Waals surface area contributed by atoms with Gasteiger partial charge in [0.15, 0.2) is 0 Å². The van der Waals surface area contributed by atoms with E-state index in [1.807, 2.05) is 0 Å². The quantitative estimate of drug-likeness (QED) is 0.463. The minimum atomic E-state index is 1.28. The molecule has 0 bridgehead atoms. The van der Waals surface area contributed by atoms with Gasteiger partial charge in [-0.3, -0.25) is 0 Å². The molecule has 0 aromatic carbocycles. The Labute approximate surface area is 57.3 Å². The van der Waals surface area contributed by atoms with Gasteiger partial charge < -0.3 is 0 Å². The third kappa shape index (κ3) is 1.44. The van der Waals surface area contributed by atoms with Crippen LogP contribution in [0, 0.1) is 0 Å². The Bertz CT molecular complexity index is 149. The zero-order chi connectivity index (χ0) is 6.69. The molecule has 1 aliphatic rings. The summed E-state index contributed by atoms with van der Waals surface area (Å²) in [5.41, 5.74) is 3.03. The van der Waals surface area contributed by atoms with Crippen LogP contribution in [-0.4, -0.2) is 0 Å². The van der Waals surface area contributed by atoms with E-state index in [1.165, 1.54) is 24.8 Å². The van der Waals surface area contributed by atoms with E-state index in [2.05, 4.69) is 26.0 Å². The van der Waals surface area contributed by atoms with Crippen LogP contribution in [0.4, 0.5) is 0 Å². The first-order valence-corrected chi connectivity index (χ1v) is 3.67. The van der Waals surface area contributed by atoms with Gasteiger partial charge in [0, 0.05) is 0 Å². The zero-order valence-electron chi connectivity index (χ0n) is 6.28. The van der Waals surface area contributed by atoms with E-state index in [4.69, 9.17) is 0 Å². The van der Waals surface area contributed by atoms with Gasteiger partial charge in [0.1, 0.15) is 0 Å². The fourth-order valence-electron chi connectivity index (χ4n) is 1.31. The lowest BCUT2D eigenvalue weighted by atomic mass is 9.95. The lowest BCUT2D eigenvalue weighted by Gasteiger charge is -2.11. The molecule has 0 saturated carbocycles. The van der Waals surface area contributed by atoms with E-state index in [1.54, 1.807) is 5.57 Å². The Morgan fingerprint density at radius 2 is 2.33 bits per heavy atom. The average Bonchev–Trinajstić information content (AvgIpc) is 1.89. The van der Waals surface area contributed by atoms with Crippen molar-refractivity contribution in [3.05, 3.63) is 23.3 Å². The average molecular weight is 122 g/mol. The number of hydrogen-bond acceptors (Lipinski definition) is 0. The van der Waals surface area contributed by atoms with Gasteiger partial charge in [-0.2, -0.15) is 0 Å². The molecule has 1 rings (SSSR count). The Balaban J connectivity index is 2.73. The van der Waals surface area contributed by atoms with Gasteiger partial charge in [-0.05, 0) is 38.7 Å². The summed E-state index contributed by atoms with van der Waals surface area (Å²) in [5, 5.41) is 0. The zero-order valence-corrected chi connectivity index (χ0v) is 6.28. The summed E-state index contributed by atoms with van der Waals surface area (Å²) >= 11 is 0. The van der Waals surface area contributed by atoms with Gasteiger partial charge in [0.2, 0.25) is 0 Å². The Kier molecular flexibility index (Phi) is 2.10. The van der Waals surface area contributed by atoms with Gasteiger partial charge in [-0.15, -0.1) is 0 Å². The minimum absolute atomic E-state index is 1.28. The molecule has 0 nitrogen and oxygen atoms in total. The smallest absolute Gasteiger partial charge is 0.0277 e. The molecule has 0 fully saturated rings. The van der Waals surface area contributed by atoms with Crippen LogP contribution in [0.3, 0.4) is 0 Å². The summed E-state index contributed by atoms with van der Waals surface area (Å²) < 4.78 is 0. The predicted molar refractivity (Wildman–Crippen MR) is 41.4 cm³/mol. The summed E-state index contributed by atoms with van der Waals surface area (Å²) in [4.78, 5) is 0. The minimum Gasteiger partial charge on any atom is -0.0842 e. The molecule has 0 saturated heterocycles. The van der Waals surface area contributed by atoms with E-state index in [0.29, 0.717) is 0 Å². The Morgan fingerprint density at radius 3 is 2.78 bits per heavy atom. The van der Waals surface area contributed by atoms with Crippen molar-refractivity contribution in [3.63, 3.8) is 0 Å². The lowest BCUT2D eigenvalue weighted by Crippen LogP contribution is -1.91. The molecule has 0 unspecified atom stereocenters. The van der Waals surface area contributed by atoms with Crippen LogP contribution in [0.5, 0.6) is 0 Å². The maximum atomic E-state index is 2.33. The summed E-state index contributed by atoms with van der Waals surface area (Å²) in [5.74, 6) is 0. The maximum absolute atomic E-state index is 2.33. The van der Waals surface area contributed by atoms with Gasteiger partial charge >= 0.3 is 0 Å². The predicted octanol–water partition coefficient (Wildman–Crippen LogP) is 3.06. The van der Waals surface area contributed by atoms with Crippen molar-refractivity contribution in [2.24, 2.45) is 0 Å². The van der Waals surface area contributed by atoms with Crippen LogP contribution in [0.25, 0.3) is 0 Å².